The summed E-state index contributed by atoms with van der Waals surface area (Å²) in [7, 11) is 5.30. The van der Waals surface area contributed by atoms with Crippen molar-refractivity contribution >= 4 is 41.4 Å². The lowest BCUT2D eigenvalue weighted by atomic mass is 9.98. The molecule has 0 spiro atoms. The third kappa shape index (κ3) is 7.41. The zero-order valence-corrected chi connectivity index (χ0v) is 25.4. The fourth-order valence-electron chi connectivity index (χ4n) is 5.17. The van der Waals surface area contributed by atoms with E-state index in [0.29, 0.717) is 22.9 Å². The predicted molar refractivity (Wildman–Crippen MR) is 163 cm³/mol. The number of nitrogens with one attached hydrogen (secondary N) is 1. The van der Waals surface area contributed by atoms with Crippen LogP contribution in [0.1, 0.15) is 16.7 Å². The Hall–Kier alpha value is -3.63. The van der Waals surface area contributed by atoms with E-state index < -0.39 is 12.2 Å². The minimum Gasteiger partial charge on any atom is -0.497 e. The Bertz CT molecular complexity index is 1380. The number of hydrogen-bond donors (Lipinski definition) is 1. The highest BCUT2D eigenvalue weighted by Crippen LogP contribution is 2.29. The molecule has 0 saturated carbocycles. The Morgan fingerprint density at radius 2 is 1.71 bits per heavy atom. The van der Waals surface area contributed by atoms with Gasteiger partial charge in [-0.2, -0.15) is 0 Å². The van der Waals surface area contributed by atoms with Gasteiger partial charge in [-0.3, -0.25) is 19.4 Å². The third-order valence-electron chi connectivity index (χ3n) is 7.29. The van der Waals surface area contributed by atoms with Crippen LogP contribution in [0.25, 0.3) is 0 Å². The Kier molecular flexibility index (Phi) is 10.8. The van der Waals surface area contributed by atoms with E-state index in [4.69, 9.17) is 27.9 Å². The summed E-state index contributed by atoms with van der Waals surface area (Å²) in [5.41, 5.74) is 2.96. The molecule has 3 amide bonds. The van der Waals surface area contributed by atoms with Gasteiger partial charge < -0.3 is 19.9 Å². The van der Waals surface area contributed by atoms with Gasteiger partial charge in [-0.15, -0.1) is 0 Å². The van der Waals surface area contributed by atoms with Gasteiger partial charge in [0.25, 0.3) is 0 Å². The lowest BCUT2D eigenvalue weighted by molar-refractivity contribution is -0.196. The molecule has 0 bridgehead atoms. The number of amides is 3. The molecular formula is C31H35Cl2N5O4. The number of ether oxygens (including phenoxy) is 1. The van der Waals surface area contributed by atoms with Crippen LogP contribution in [-0.2, 0) is 33.9 Å². The first-order chi connectivity index (χ1) is 20.2. The van der Waals surface area contributed by atoms with Gasteiger partial charge in [0, 0.05) is 36.6 Å². The van der Waals surface area contributed by atoms with E-state index in [-0.39, 0.29) is 31.4 Å². The first kappa shape index (κ1) is 31.3. The zero-order valence-electron chi connectivity index (χ0n) is 23.9. The van der Waals surface area contributed by atoms with Gasteiger partial charge in [0.15, 0.2) is 0 Å². The van der Waals surface area contributed by atoms with E-state index >= 15 is 0 Å². The molecule has 222 valence electrons. The molecule has 2 fully saturated rings. The standard InChI is InChI=1S/C22H22Cl2N4O3.C9H13NO/c1-25-13-21(30)28-19(9-15-5-3-2-4-6-15)22(31)26(12-20(28)27(25)14-29)11-16-7-8-17(23)10-18(16)24;1-10-7-8-3-5-9(11-2)6-4-8/h2-8,10,14,19-20H,9,11-13H2,1H3;3-6,10H,7H2,1-2H3/t19-,20?;/m0./s1. The van der Waals surface area contributed by atoms with Crippen molar-refractivity contribution in [3.05, 3.63) is 99.5 Å². The molecule has 9 nitrogen and oxygen atoms in total. The average molecular weight is 613 g/mol. The van der Waals surface area contributed by atoms with Crippen molar-refractivity contribution in [2.24, 2.45) is 0 Å². The smallest absolute Gasteiger partial charge is 0.246 e. The molecule has 3 aromatic rings. The zero-order chi connectivity index (χ0) is 30.2. The van der Waals surface area contributed by atoms with Crippen LogP contribution in [0.4, 0.5) is 0 Å². The third-order valence-corrected chi connectivity index (χ3v) is 7.87. The van der Waals surface area contributed by atoms with Gasteiger partial charge in [-0.05, 0) is 48.0 Å². The highest BCUT2D eigenvalue weighted by molar-refractivity contribution is 6.35. The molecule has 11 heteroatoms. The van der Waals surface area contributed by atoms with Gasteiger partial charge in [-0.25, -0.2) is 5.01 Å². The summed E-state index contributed by atoms with van der Waals surface area (Å²) in [5, 5.41) is 7.11. The molecule has 2 heterocycles. The fourth-order valence-corrected chi connectivity index (χ4v) is 5.64. The molecule has 5 rings (SSSR count). The molecule has 0 aromatic heterocycles. The SMILES string of the molecule is CN1CC(=O)N2C(CN(Cc3ccc(Cl)cc3Cl)C(=O)[C@@H]2Cc2ccccc2)N1C=O.CNCc1ccc(OC)cc1. The van der Waals surface area contributed by atoms with E-state index in [2.05, 4.69) is 17.4 Å². The van der Waals surface area contributed by atoms with Crippen molar-refractivity contribution in [1.29, 1.82) is 0 Å². The molecule has 42 heavy (non-hydrogen) atoms. The summed E-state index contributed by atoms with van der Waals surface area (Å²) in [4.78, 5) is 41.5. The topological polar surface area (TPSA) is 85.4 Å². The molecule has 0 radical (unpaired) electrons. The van der Waals surface area contributed by atoms with Crippen LogP contribution in [0.5, 0.6) is 5.75 Å². The van der Waals surface area contributed by atoms with Crippen molar-refractivity contribution in [2.45, 2.75) is 31.7 Å². The second kappa shape index (κ2) is 14.5. The molecule has 2 atom stereocenters. The summed E-state index contributed by atoms with van der Waals surface area (Å²) in [6, 6.07) is 22.0. The van der Waals surface area contributed by atoms with Gasteiger partial charge in [-0.1, -0.05) is 71.7 Å². The number of fused-ring (bicyclic) bond motifs is 1. The van der Waals surface area contributed by atoms with Gasteiger partial charge in [0.1, 0.15) is 18.0 Å². The summed E-state index contributed by atoms with van der Waals surface area (Å²) < 4.78 is 5.03. The number of likely N-dealkylation sites (N-methyl/N-ethyl adjacent to an activating group) is 1. The summed E-state index contributed by atoms with van der Waals surface area (Å²) in [6.45, 7) is 1.40. The quantitative estimate of drug-likeness (QED) is 0.390. The number of nitrogens with zero attached hydrogens (tertiary/aromatic N) is 4. The second-order valence-corrected chi connectivity index (χ2v) is 11.0. The van der Waals surface area contributed by atoms with Crippen molar-refractivity contribution in [1.82, 2.24) is 25.1 Å². The molecule has 1 N–H and O–H groups in total. The first-order valence-electron chi connectivity index (χ1n) is 13.6. The average Bonchev–Trinajstić information content (AvgIpc) is 2.98. The maximum absolute atomic E-state index is 13.5. The largest absolute Gasteiger partial charge is 0.497 e. The number of benzene rings is 3. The number of carbonyl (C=O) groups excluding carboxylic acids is 3. The van der Waals surface area contributed by atoms with Gasteiger partial charge in [0.05, 0.1) is 20.2 Å². The number of hydrogen-bond acceptors (Lipinski definition) is 6. The molecule has 2 aliphatic heterocycles. The number of methoxy groups -OCH3 is 1. The monoisotopic (exact) mass is 611 g/mol. The molecule has 3 aromatic carbocycles. The summed E-state index contributed by atoms with van der Waals surface area (Å²) in [6.07, 6.45) is 0.483. The summed E-state index contributed by atoms with van der Waals surface area (Å²) in [5.74, 6) is 0.559. The van der Waals surface area contributed by atoms with Crippen molar-refractivity contribution in [2.75, 3.05) is 34.3 Å². The van der Waals surface area contributed by atoms with Crippen LogP contribution in [0, 0.1) is 0 Å². The number of rotatable bonds is 8. The van der Waals surface area contributed by atoms with E-state index in [0.717, 1.165) is 23.4 Å². The van der Waals surface area contributed by atoms with Crippen LogP contribution in [0.3, 0.4) is 0 Å². The molecule has 0 aliphatic carbocycles. The predicted octanol–water partition coefficient (Wildman–Crippen LogP) is 3.84. The Morgan fingerprint density at radius 1 is 1.00 bits per heavy atom. The van der Waals surface area contributed by atoms with Crippen LogP contribution < -0.4 is 10.1 Å². The highest BCUT2D eigenvalue weighted by Gasteiger charge is 2.49. The Balaban J connectivity index is 0.000000310. The van der Waals surface area contributed by atoms with Crippen molar-refractivity contribution in [3.8, 4) is 5.75 Å². The number of carbonyl (C=O) groups is 3. The van der Waals surface area contributed by atoms with E-state index in [1.54, 1.807) is 47.2 Å². The molecular weight excluding hydrogens is 577 g/mol. The first-order valence-corrected chi connectivity index (χ1v) is 14.3. The molecule has 2 saturated heterocycles. The molecule has 1 unspecified atom stereocenters. The Morgan fingerprint density at radius 3 is 2.33 bits per heavy atom. The number of hydrazine groups is 1. The van der Waals surface area contributed by atoms with Crippen molar-refractivity contribution in [3.63, 3.8) is 0 Å². The van der Waals surface area contributed by atoms with Gasteiger partial charge >= 0.3 is 0 Å². The van der Waals surface area contributed by atoms with E-state index in [9.17, 15) is 14.4 Å². The normalized spacial score (nSPS) is 18.7. The maximum atomic E-state index is 13.5. The van der Waals surface area contributed by atoms with Crippen LogP contribution in [0.15, 0.2) is 72.8 Å². The molecule has 2 aliphatic rings. The lowest BCUT2D eigenvalue weighted by Crippen LogP contribution is -2.74. The van der Waals surface area contributed by atoms with Crippen LogP contribution in [0.2, 0.25) is 10.0 Å². The number of piperazine rings is 1. The lowest BCUT2D eigenvalue weighted by Gasteiger charge is -2.53. The Labute approximate surface area is 256 Å². The van der Waals surface area contributed by atoms with E-state index in [1.807, 2.05) is 49.5 Å². The highest BCUT2D eigenvalue weighted by atomic mass is 35.5. The number of halogens is 2. The van der Waals surface area contributed by atoms with Crippen LogP contribution >= 0.6 is 23.2 Å². The van der Waals surface area contributed by atoms with E-state index in [1.165, 1.54) is 10.6 Å². The van der Waals surface area contributed by atoms with Gasteiger partial charge in [0.2, 0.25) is 18.2 Å². The van der Waals surface area contributed by atoms with Crippen molar-refractivity contribution < 1.29 is 19.1 Å². The van der Waals surface area contributed by atoms with Crippen LogP contribution in [-0.4, -0.2) is 84.5 Å². The fraction of sp³-hybridized carbons (Fsp3) is 0.323. The minimum atomic E-state index is -0.712. The second-order valence-electron chi connectivity index (χ2n) is 10.1. The minimum absolute atomic E-state index is 0.0385. The summed E-state index contributed by atoms with van der Waals surface area (Å²) >= 11 is 12.3. The maximum Gasteiger partial charge on any atom is 0.246 e.